The average Bonchev–Trinajstić information content (AvgIpc) is 3.09. The Kier molecular flexibility index (Phi) is 3.65. The van der Waals surface area contributed by atoms with E-state index >= 15 is 0 Å². The molecular formula is C20H20N4. The lowest BCUT2D eigenvalue weighted by molar-refractivity contribution is 0.583. The van der Waals surface area contributed by atoms with Crippen molar-refractivity contribution in [1.82, 2.24) is 9.38 Å². The molecule has 0 bridgehead atoms. The molecule has 0 spiro atoms. The number of allylic oxidation sites excluding steroid dienone is 2. The van der Waals surface area contributed by atoms with Gasteiger partial charge in [-0.1, -0.05) is 30.3 Å². The largest absolute Gasteiger partial charge is 0.402 e. The number of imidazole rings is 1. The Morgan fingerprint density at radius 2 is 2.00 bits per heavy atom. The van der Waals surface area contributed by atoms with E-state index in [2.05, 4.69) is 29.2 Å². The predicted molar refractivity (Wildman–Crippen MR) is 96.3 cm³/mol. The summed E-state index contributed by atoms with van der Waals surface area (Å²) >= 11 is 0. The number of nitrogens with two attached hydrogens (primary N) is 1. The lowest BCUT2D eigenvalue weighted by Crippen LogP contribution is -2.19. The van der Waals surface area contributed by atoms with E-state index in [9.17, 15) is 0 Å². The molecule has 0 aliphatic heterocycles. The van der Waals surface area contributed by atoms with Crippen LogP contribution < -0.4 is 5.73 Å². The number of nitrogens with zero attached hydrogens (tertiary/aromatic N) is 2. The molecular weight excluding hydrogens is 296 g/mol. The molecule has 1 aromatic carbocycles. The summed E-state index contributed by atoms with van der Waals surface area (Å²) in [5, 5.41) is 8.58. The van der Waals surface area contributed by atoms with E-state index in [0.717, 1.165) is 41.7 Å². The molecule has 0 amide bonds. The van der Waals surface area contributed by atoms with E-state index in [1.54, 1.807) is 6.20 Å². The Labute approximate surface area is 141 Å². The normalized spacial score (nSPS) is 18.1. The van der Waals surface area contributed by atoms with Crippen molar-refractivity contribution >= 4 is 11.4 Å². The van der Waals surface area contributed by atoms with Crippen LogP contribution in [0.3, 0.4) is 0 Å². The topological polar surface area (TPSA) is 67.2 Å². The van der Waals surface area contributed by atoms with Crippen molar-refractivity contribution in [3.8, 4) is 0 Å². The molecule has 0 saturated heterocycles. The summed E-state index contributed by atoms with van der Waals surface area (Å²) in [7, 11) is 0. The molecule has 0 saturated carbocycles. The highest BCUT2D eigenvalue weighted by Gasteiger charge is 2.23. The van der Waals surface area contributed by atoms with Crippen molar-refractivity contribution in [1.29, 1.82) is 5.41 Å². The van der Waals surface area contributed by atoms with Gasteiger partial charge >= 0.3 is 0 Å². The summed E-state index contributed by atoms with van der Waals surface area (Å²) < 4.78 is 1.94. The third-order valence-electron chi connectivity index (χ3n) is 4.85. The van der Waals surface area contributed by atoms with Crippen LogP contribution in [-0.2, 0) is 0 Å². The third kappa shape index (κ3) is 2.60. The number of fused-ring (bicyclic) bond motifs is 1. The summed E-state index contributed by atoms with van der Waals surface area (Å²) in [6, 6.07) is 14.4. The first kappa shape index (κ1) is 14.7. The quantitative estimate of drug-likeness (QED) is 0.720. The van der Waals surface area contributed by atoms with Gasteiger partial charge in [-0.05, 0) is 48.4 Å². The number of rotatable bonds is 3. The molecule has 2 heterocycles. The van der Waals surface area contributed by atoms with Gasteiger partial charge < -0.3 is 10.1 Å². The molecule has 1 atom stereocenters. The summed E-state index contributed by atoms with van der Waals surface area (Å²) in [6.07, 6.45) is 8.34. The first-order valence-corrected chi connectivity index (χ1v) is 8.27. The molecule has 1 aliphatic rings. The zero-order chi connectivity index (χ0) is 16.5. The molecule has 4 rings (SSSR count). The van der Waals surface area contributed by atoms with E-state index < -0.39 is 0 Å². The number of hydrogen-bond donors (Lipinski definition) is 2. The Morgan fingerprint density at radius 1 is 1.17 bits per heavy atom. The summed E-state index contributed by atoms with van der Waals surface area (Å²) in [6.45, 7) is 0. The van der Waals surface area contributed by atoms with Gasteiger partial charge in [-0.25, -0.2) is 4.98 Å². The molecule has 24 heavy (non-hydrogen) atoms. The fourth-order valence-electron chi connectivity index (χ4n) is 3.51. The van der Waals surface area contributed by atoms with Crippen LogP contribution in [0.2, 0.25) is 0 Å². The first-order chi connectivity index (χ1) is 11.7. The lowest BCUT2D eigenvalue weighted by Gasteiger charge is -2.26. The van der Waals surface area contributed by atoms with Crippen LogP contribution >= 0.6 is 0 Å². The predicted octanol–water partition coefficient (Wildman–Crippen LogP) is 3.88. The van der Waals surface area contributed by atoms with Crippen LogP contribution in [-0.4, -0.2) is 15.1 Å². The molecule has 3 N–H and O–H groups in total. The Balaban J connectivity index is 1.60. The molecule has 3 aromatic rings. The van der Waals surface area contributed by atoms with Crippen LogP contribution in [0.5, 0.6) is 0 Å². The van der Waals surface area contributed by atoms with Crippen LogP contribution in [0, 0.1) is 5.41 Å². The van der Waals surface area contributed by atoms with Crippen molar-refractivity contribution in [3.63, 3.8) is 0 Å². The number of hydrogen-bond acceptors (Lipinski definition) is 3. The Bertz CT molecular complexity index is 921. The van der Waals surface area contributed by atoms with Crippen LogP contribution in [0.25, 0.3) is 5.65 Å². The molecule has 1 aliphatic carbocycles. The molecule has 0 fully saturated rings. The van der Waals surface area contributed by atoms with Crippen LogP contribution in [0.15, 0.2) is 72.3 Å². The zero-order valence-electron chi connectivity index (χ0n) is 13.4. The van der Waals surface area contributed by atoms with E-state index in [1.807, 2.05) is 35.0 Å². The Morgan fingerprint density at radius 3 is 2.79 bits per heavy atom. The number of benzene rings is 1. The SMILES string of the molecule is N=C(C1=C(N)CC(c2ccccc2)CC1)c1ccc2nccn2c1. The standard InChI is InChI=1S/C20H20N4/c21-18-12-15(14-4-2-1-3-5-14)6-8-17(18)20(22)16-7-9-19-23-10-11-24(19)13-16/h1-5,7,9-11,13,15,22H,6,8,12,21H2. The van der Waals surface area contributed by atoms with Gasteiger partial charge in [0.25, 0.3) is 0 Å². The van der Waals surface area contributed by atoms with Crippen molar-refractivity contribution in [2.24, 2.45) is 5.73 Å². The van der Waals surface area contributed by atoms with Crippen LogP contribution in [0.4, 0.5) is 0 Å². The monoisotopic (exact) mass is 316 g/mol. The number of pyridine rings is 1. The van der Waals surface area contributed by atoms with Gasteiger partial charge in [0.2, 0.25) is 0 Å². The van der Waals surface area contributed by atoms with Crippen molar-refractivity contribution < 1.29 is 0 Å². The van der Waals surface area contributed by atoms with E-state index in [-0.39, 0.29) is 0 Å². The third-order valence-corrected chi connectivity index (χ3v) is 4.85. The lowest BCUT2D eigenvalue weighted by atomic mass is 9.81. The van der Waals surface area contributed by atoms with E-state index in [0.29, 0.717) is 11.6 Å². The van der Waals surface area contributed by atoms with Crippen LogP contribution in [0.1, 0.15) is 36.3 Å². The minimum Gasteiger partial charge on any atom is -0.402 e. The van der Waals surface area contributed by atoms with Gasteiger partial charge in [0.1, 0.15) is 5.65 Å². The molecule has 4 heteroatoms. The second-order valence-electron chi connectivity index (χ2n) is 6.34. The van der Waals surface area contributed by atoms with Gasteiger partial charge in [0.05, 0.1) is 5.71 Å². The minimum absolute atomic E-state index is 0.457. The van der Waals surface area contributed by atoms with Crippen molar-refractivity contribution in [2.75, 3.05) is 0 Å². The highest BCUT2D eigenvalue weighted by molar-refractivity contribution is 6.11. The maximum atomic E-state index is 8.58. The highest BCUT2D eigenvalue weighted by Crippen LogP contribution is 2.35. The second kappa shape index (κ2) is 5.96. The summed E-state index contributed by atoms with van der Waals surface area (Å²) in [5.41, 5.74) is 11.8. The van der Waals surface area contributed by atoms with Gasteiger partial charge in [0, 0.05) is 29.9 Å². The smallest absolute Gasteiger partial charge is 0.136 e. The fraction of sp³-hybridized carbons (Fsp3) is 0.200. The summed E-state index contributed by atoms with van der Waals surface area (Å²) in [4.78, 5) is 4.25. The second-order valence-corrected chi connectivity index (χ2v) is 6.34. The van der Waals surface area contributed by atoms with E-state index in [4.69, 9.17) is 11.1 Å². The maximum Gasteiger partial charge on any atom is 0.136 e. The number of nitrogens with one attached hydrogen (secondary N) is 1. The molecule has 4 nitrogen and oxygen atoms in total. The molecule has 0 radical (unpaired) electrons. The summed E-state index contributed by atoms with van der Waals surface area (Å²) in [5.74, 6) is 0.457. The average molecular weight is 316 g/mol. The highest BCUT2D eigenvalue weighted by atomic mass is 15.0. The van der Waals surface area contributed by atoms with Crippen molar-refractivity contribution in [2.45, 2.75) is 25.2 Å². The molecule has 2 aromatic heterocycles. The maximum absolute atomic E-state index is 8.58. The van der Waals surface area contributed by atoms with Gasteiger partial charge in [-0.3, -0.25) is 5.41 Å². The van der Waals surface area contributed by atoms with Crippen molar-refractivity contribution in [3.05, 3.63) is 83.5 Å². The number of aromatic nitrogens is 2. The van der Waals surface area contributed by atoms with Gasteiger partial charge in [-0.15, -0.1) is 0 Å². The first-order valence-electron chi connectivity index (χ1n) is 8.27. The minimum atomic E-state index is 0.457. The van der Waals surface area contributed by atoms with E-state index in [1.165, 1.54) is 5.56 Å². The van der Waals surface area contributed by atoms with Gasteiger partial charge in [0.15, 0.2) is 0 Å². The Hall–Kier alpha value is -2.88. The van der Waals surface area contributed by atoms with Gasteiger partial charge in [-0.2, -0.15) is 0 Å². The zero-order valence-corrected chi connectivity index (χ0v) is 13.4. The molecule has 120 valence electrons. The fourth-order valence-corrected chi connectivity index (χ4v) is 3.51. The molecule has 1 unspecified atom stereocenters.